The number of hydrogen-bond acceptors (Lipinski definition) is 6. The van der Waals surface area contributed by atoms with Gasteiger partial charge in [0.15, 0.2) is 34.9 Å². The predicted octanol–water partition coefficient (Wildman–Crippen LogP) is 23.0. The molecule has 0 saturated heterocycles. The zero-order valence-corrected chi connectivity index (χ0v) is 52.8. The van der Waals surface area contributed by atoms with Crippen LogP contribution in [0.5, 0.6) is 0 Å². The van der Waals surface area contributed by atoms with Crippen molar-refractivity contribution >= 4 is 0 Å². The summed E-state index contributed by atoms with van der Waals surface area (Å²) < 4.78 is 243. The third kappa shape index (κ3) is 18.6. The minimum absolute atomic E-state index is 0.0653. The van der Waals surface area contributed by atoms with E-state index in [1.807, 2.05) is 96.1 Å². The molecule has 0 aliphatic heterocycles. The van der Waals surface area contributed by atoms with E-state index in [0.29, 0.717) is 41.1 Å². The number of alkyl halides is 18. The van der Waals surface area contributed by atoms with Crippen LogP contribution in [-0.2, 0) is 37.1 Å². The predicted molar refractivity (Wildman–Crippen MR) is 341 cm³/mol. The number of hydrogen-bond donors (Lipinski definition) is 0. The summed E-state index contributed by atoms with van der Waals surface area (Å²) in [6.45, 7) is 12.0. The van der Waals surface area contributed by atoms with Gasteiger partial charge in [-0.1, -0.05) is 181 Å². The second-order valence-corrected chi connectivity index (χ2v) is 20.0. The fourth-order valence-corrected chi connectivity index (χ4v) is 9.40. The fraction of sp³-hybridized carbons (Fsp3) is 0.167. The van der Waals surface area contributed by atoms with E-state index >= 15 is 0 Å². The normalized spacial score (nSPS) is 11.6. The molecule has 12 aromatic rings. The largest absolute Gasteiger partial charge is 0.416 e. The minimum atomic E-state index is -5.24. The lowest BCUT2D eigenvalue weighted by Crippen LogP contribution is -2.12. The Bertz CT molecular complexity index is 4200. The number of para-hydroxylation sites is 3. The van der Waals surface area contributed by atoms with Gasteiger partial charge in [-0.15, -0.1) is 30.6 Å². The Labute approximate surface area is 555 Å². The molecule has 9 aromatic carbocycles. The average Bonchev–Trinajstić information content (AvgIpc) is 1.65. The average molecular weight is 1390 g/mol. The zero-order chi connectivity index (χ0) is 72.7. The summed E-state index contributed by atoms with van der Waals surface area (Å²) in [6.07, 6.45) is -29.9. The zero-order valence-electron chi connectivity index (χ0n) is 52.8. The van der Waals surface area contributed by atoms with Crippen LogP contribution in [0.1, 0.15) is 74.9 Å². The first-order chi connectivity index (χ1) is 46.9. The highest BCUT2D eigenvalue weighted by molar-refractivity contribution is 5.71. The Morgan fingerprint density at radius 2 is 0.364 bits per heavy atom. The third-order valence-electron chi connectivity index (χ3n) is 13.7. The van der Waals surface area contributed by atoms with Crippen LogP contribution in [0, 0.1) is 0 Å². The molecule has 0 unspecified atom stereocenters. The lowest BCUT2D eigenvalue weighted by molar-refractivity contribution is -0.144. The fourth-order valence-electron chi connectivity index (χ4n) is 9.40. The lowest BCUT2D eigenvalue weighted by atomic mass is 10.0. The molecule has 0 atom stereocenters. The van der Waals surface area contributed by atoms with Gasteiger partial charge in [-0.25, -0.2) is 0 Å². The van der Waals surface area contributed by atoms with Gasteiger partial charge in [0.1, 0.15) is 0 Å². The highest BCUT2D eigenvalue weighted by atomic mass is 19.4. The van der Waals surface area contributed by atoms with Crippen LogP contribution in [0.4, 0.5) is 79.0 Å². The van der Waals surface area contributed by atoms with Crippen LogP contribution < -0.4 is 0 Å². The Morgan fingerprint density at radius 3 is 0.556 bits per heavy atom. The number of nitrogens with zero attached hydrogens (tertiary/aromatic N) is 9. The Kier molecular flexibility index (Phi) is 24.4. The molecule has 0 spiro atoms. The van der Waals surface area contributed by atoms with Gasteiger partial charge in [0.05, 0.1) is 33.4 Å². The van der Waals surface area contributed by atoms with Gasteiger partial charge < -0.3 is 0 Å². The molecule has 99 heavy (non-hydrogen) atoms. The number of halogens is 18. The van der Waals surface area contributed by atoms with Crippen molar-refractivity contribution in [2.24, 2.45) is 0 Å². The molecule has 0 bridgehead atoms. The first-order valence-corrected chi connectivity index (χ1v) is 30.0. The van der Waals surface area contributed by atoms with Gasteiger partial charge in [-0.2, -0.15) is 79.0 Å². The van der Waals surface area contributed by atoms with Crippen LogP contribution in [0.15, 0.2) is 237 Å². The SMILES string of the molecule is CC.CC.CC.FC(F)(F)c1cc(-c2nnc(-c3cc(C(F)(F)F)cc(C(F)(F)F)c3)n2-c2ccccc2)cc(C(F)(F)F)c1.FC(F)(F)c1ccc(-c2nnc(-c3ccc(C(F)(F)F)cc3)n2-c2ccccc2)cc1.c1ccc(-c2nnc(-c3ccccc3)n2-c2ccccc2)cc1. The Balaban J connectivity index is 0.000000206. The Hall–Kier alpha value is -10.9. The third-order valence-corrected chi connectivity index (χ3v) is 13.7. The topological polar surface area (TPSA) is 92.1 Å². The van der Waals surface area contributed by atoms with Crippen molar-refractivity contribution in [1.29, 1.82) is 0 Å². The Morgan fingerprint density at radius 1 is 0.192 bits per heavy atom. The van der Waals surface area contributed by atoms with E-state index in [1.54, 1.807) is 34.9 Å². The maximum atomic E-state index is 13.4. The van der Waals surface area contributed by atoms with Crippen molar-refractivity contribution in [2.75, 3.05) is 0 Å². The van der Waals surface area contributed by atoms with E-state index in [-0.39, 0.29) is 29.5 Å². The van der Waals surface area contributed by atoms with Crippen LogP contribution in [-0.4, -0.2) is 44.3 Å². The minimum Gasteiger partial charge on any atom is -0.275 e. The first kappa shape index (κ1) is 75.5. The standard InChI is InChI=1S/C24H11F12N3.C22H13F6N3.C20H15N3.3C2H6/c25-21(26,27)14-6-12(7-15(10-14)22(28,29)30)19-37-38-20(39(19)18-4-2-1-3-5-18)13-8-16(23(31,32)33)11-17(9-13)24(34,35)36;23-21(24,25)16-10-6-14(7-11-16)19-29-30-20(31(19)18-4-2-1-3-5-18)15-8-12-17(13-9-15)22(26,27)28;1-4-10-16(11-5-1)19-21-22-20(17-12-6-2-7-13-17)23(19)18-14-8-3-9-15-18;3*1-2/h1-11H;1-13H;1-15H;3*1-2H3. The maximum absolute atomic E-state index is 13.4. The molecule has 3 heterocycles. The monoisotopic (exact) mass is 1390 g/mol. The smallest absolute Gasteiger partial charge is 0.275 e. The number of benzene rings is 9. The van der Waals surface area contributed by atoms with Crippen LogP contribution >= 0.6 is 0 Å². The van der Waals surface area contributed by atoms with E-state index in [9.17, 15) is 79.0 Å². The molecule has 3 aromatic heterocycles. The second kappa shape index (κ2) is 32.0. The first-order valence-electron chi connectivity index (χ1n) is 30.0. The molecular weight excluding hydrogens is 1330 g/mol. The molecule has 0 amide bonds. The van der Waals surface area contributed by atoms with E-state index in [2.05, 4.69) is 71.6 Å². The molecule has 27 heteroatoms. The summed E-state index contributed by atoms with van der Waals surface area (Å²) in [5.41, 5.74) is -5.59. The van der Waals surface area contributed by atoms with E-state index in [1.165, 1.54) is 54.6 Å². The van der Waals surface area contributed by atoms with Crippen LogP contribution in [0.25, 0.3) is 85.4 Å². The molecule has 0 aliphatic carbocycles. The highest BCUT2D eigenvalue weighted by Gasteiger charge is 2.40. The van der Waals surface area contributed by atoms with E-state index in [4.69, 9.17) is 0 Å². The van der Waals surface area contributed by atoms with Gasteiger partial charge in [0.2, 0.25) is 0 Å². The van der Waals surface area contributed by atoms with Crippen molar-refractivity contribution in [3.8, 4) is 85.4 Å². The molecule has 0 aliphatic rings. The van der Waals surface area contributed by atoms with Crippen molar-refractivity contribution < 1.29 is 79.0 Å². The summed E-state index contributed by atoms with van der Waals surface area (Å²) in [6, 6.07) is 55.8. The van der Waals surface area contributed by atoms with Crippen LogP contribution in [0.2, 0.25) is 0 Å². The van der Waals surface area contributed by atoms with Gasteiger partial charge in [-0.05, 0) is 97.1 Å². The lowest BCUT2D eigenvalue weighted by Gasteiger charge is -2.17. The second-order valence-electron chi connectivity index (χ2n) is 20.0. The molecule has 0 radical (unpaired) electrons. The van der Waals surface area contributed by atoms with Crippen molar-refractivity contribution in [3.63, 3.8) is 0 Å². The van der Waals surface area contributed by atoms with Crippen molar-refractivity contribution in [2.45, 2.75) is 78.6 Å². The maximum Gasteiger partial charge on any atom is 0.416 e. The van der Waals surface area contributed by atoms with E-state index in [0.717, 1.165) is 57.3 Å². The van der Waals surface area contributed by atoms with Gasteiger partial charge >= 0.3 is 37.1 Å². The molecule has 516 valence electrons. The molecule has 0 saturated carbocycles. The number of aromatic nitrogens is 9. The summed E-state index contributed by atoms with van der Waals surface area (Å²) in [5.74, 6) is 0.813. The van der Waals surface area contributed by atoms with Crippen molar-refractivity contribution in [1.82, 2.24) is 44.3 Å². The molecule has 0 fully saturated rings. The number of rotatable bonds is 9. The summed E-state index contributed by atoms with van der Waals surface area (Å²) in [7, 11) is 0. The summed E-state index contributed by atoms with van der Waals surface area (Å²) in [5, 5.41) is 24.3. The molecule has 9 nitrogen and oxygen atoms in total. The summed E-state index contributed by atoms with van der Waals surface area (Å²) in [4.78, 5) is 0. The van der Waals surface area contributed by atoms with Gasteiger partial charge in [-0.3, -0.25) is 13.7 Å². The summed E-state index contributed by atoms with van der Waals surface area (Å²) >= 11 is 0. The highest BCUT2D eigenvalue weighted by Crippen LogP contribution is 2.43. The quantitative estimate of drug-likeness (QED) is 0.134. The molecular formula is C72H57F18N9. The van der Waals surface area contributed by atoms with E-state index < -0.39 is 93.2 Å². The van der Waals surface area contributed by atoms with Gasteiger partial charge in [0, 0.05) is 50.4 Å². The van der Waals surface area contributed by atoms with Gasteiger partial charge in [0.25, 0.3) is 0 Å². The molecule has 12 rings (SSSR count). The van der Waals surface area contributed by atoms with Crippen molar-refractivity contribution in [3.05, 3.63) is 270 Å². The van der Waals surface area contributed by atoms with Crippen LogP contribution in [0.3, 0.4) is 0 Å². The molecule has 0 N–H and O–H groups in total.